The van der Waals surface area contributed by atoms with E-state index in [-0.39, 0.29) is 40.1 Å². The summed E-state index contributed by atoms with van der Waals surface area (Å²) >= 11 is 12.6. The monoisotopic (exact) mass is 610 g/mol. The molecule has 0 bridgehead atoms. The summed E-state index contributed by atoms with van der Waals surface area (Å²) in [6.45, 7) is 6.21. The van der Waals surface area contributed by atoms with Crippen molar-refractivity contribution in [3.63, 3.8) is 0 Å². The highest BCUT2D eigenvalue weighted by atomic mass is 35.5. The Labute approximate surface area is 254 Å². The zero-order valence-electron chi connectivity index (χ0n) is 24.1. The van der Waals surface area contributed by atoms with Gasteiger partial charge in [0.2, 0.25) is 11.8 Å². The molecule has 1 saturated heterocycles. The molecule has 0 aliphatic carbocycles. The Morgan fingerprint density at radius 2 is 1.76 bits per heavy atom. The van der Waals surface area contributed by atoms with Crippen molar-refractivity contribution in [3.8, 4) is 11.1 Å². The Kier molecular flexibility index (Phi) is 7.85. The van der Waals surface area contributed by atoms with E-state index in [9.17, 15) is 14.4 Å². The van der Waals surface area contributed by atoms with E-state index in [0.717, 1.165) is 0 Å². The van der Waals surface area contributed by atoms with Crippen molar-refractivity contribution < 1.29 is 18.8 Å². The van der Waals surface area contributed by atoms with E-state index < -0.39 is 23.3 Å². The van der Waals surface area contributed by atoms with E-state index in [2.05, 4.69) is 36.7 Å². The fraction of sp³-hybridized carbons (Fsp3) is 0.344. The SMILES string of the molecule is CN(C)C(=O)c1ccc(NC(=O)[C@H]2C[C@]3(C(=O)Nc4cc(Cl)cc(-c5cccc(Cl)c5F)c43)[C@H](CC(C)(C)C)N2)cc1. The third kappa shape index (κ3) is 5.39. The number of anilines is 2. The van der Waals surface area contributed by atoms with Crippen LogP contribution in [0.1, 0.15) is 49.5 Å². The smallest absolute Gasteiger partial charge is 0.253 e. The number of nitrogens with zero attached hydrogens (tertiary/aromatic N) is 1. The lowest BCUT2D eigenvalue weighted by Crippen LogP contribution is -2.48. The van der Waals surface area contributed by atoms with E-state index in [0.29, 0.717) is 39.5 Å². The zero-order valence-corrected chi connectivity index (χ0v) is 25.6. The summed E-state index contributed by atoms with van der Waals surface area (Å²) in [7, 11) is 3.34. The van der Waals surface area contributed by atoms with Crippen molar-refractivity contribution in [3.05, 3.63) is 81.6 Å². The Balaban J connectivity index is 1.55. The van der Waals surface area contributed by atoms with Crippen LogP contribution in [0.3, 0.4) is 0 Å². The standard InChI is InChI=1S/C32H33Cl2FN4O3/c1-31(2,3)16-25-32(15-24(37-25)28(40)36-19-11-9-17(10-12-19)29(41)39(4)5)26-21(20-7-6-8-22(34)27(20)35)13-18(33)14-23(26)38-30(32)42/h6-14,24-25,37H,15-16H2,1-5H3,(H,36,40)(H,38,42)/t24-,25+,32+/m1/s1. The first-order chi connectivity index (χ1) is 19.7. The van der Waals surface area contributed by atoms with Gasteiger partial charge in [-0.1, -0.05) is 56.1 Å². The summed E-state index contributed by atoms with van der Waals surface area (Å²) in [5, 5.41) is 9.65. The normalized spacial score (nSPS) is 21.3. The van der Waals surface area contributed by atoms with E-state index in [1.54, 1.807) is 62.6 Å². The molecule has 3 N–H and O–H groups in total. The van der Waals surface area contributed by atoms with Gasteiger partial charge in [0, 0.05) is 53.2 Å². The minimum absolute atomic E-state index is 0.0427. The maximum atomic E-state index is 15.4. The number of carbonyl (C=O) groups excluding carboxylic acids is 3. The molecule has 10 heteroatoms. The van der Waals surface area contributed by atoms with Crippen molar-refractivity contribution in [1.82, 2.24) is 10.2 Å². The number of nitrogens with one attached hydrogen (secondary N) is 3. The molecule has 0 saturated carbocycles. The molecule has 42 heavy (non-hydrogen) atoms. The molecule has 3 aromatic rings. The number of amides is 3. The van der Waals surface area contributed by atoms with Crippen LogP contribution in [0.4, 0.5) is 15.8 Å². The minimum Gasteiger partial charge on any atom is -0.345 e. The molecule has 3 atom stereocenters. The predicted molar refractivity (Wildman–Crippen MR) is 165 cm³/mol. The summed E-state index contributed by atoms with van der Waals surface area (Å²) in [6.07, 6.45) is 0.706. The van der Waals surface area contributed by atoms with Gasteiger partial charge in [-0.3, -0.25) is 14.4 Å². The lowest BCUT2D eigenvalue weighted by molar-refractivity contribution is -0.121. The number of rotatable bonds is 5. The number of halogens is 3. The summed E-state index contributed by atoms with van der Waals surface area (Å²) in [6, 6.07) is 13.5. The van der Waals surface area contributed by atoms with E-state index in [1.807, 2.05) is 0 Å². The van der Waals surface area contributed by atoms with E-state index in [1.165, 1.54) is 11.0 Å². The van der Waals surface area contributed by atoms with Crippen LogP contribution in [-0.2, 0) is 15.0 Å². The summed E-state index contributed by atoms with van der Waals surface area (Å²) in [4.78, 5) is 41.4. The van der Waals surface area contributed by atoms with Gasteiger partial charge >= 0.3 is 0 Å². The minimum atomic E-state index is -1.18. The number of fused-ring (bicyclic) bond motifs is 2. The highest BCUT2D eigenvalue weighted by molar-refractivity contribution is 6.32. The quantitative estimate of drug-likeness (QED) is 0.308. The van der Waals surface area contributed by atoms with Gasteiger partial charge in [-0.15, -0.1) is 0 Å². The molecule has 0 unspecified atom stereocenters. The maximum absolute atomic E-state index is 15.4. The largest absolute Gasteiger partial charge is 0.345 e. The lowest BCUT2D eigenvalue weighted by Gasteiger charge is -2.34. The van der Waals surface area contributed by atoms with E-state index in [4.69, 9.17) is 23.2 Å². The predicted octanol–water partition coefficient (Wildman–Crippen LogP) is 6.50. The number of carbonyl (C=O) groups is 3. The van der Waals surface area contributed by atoms with Crippen LogP contribution in [0, 0.1) is 11.2 Å². The molecule has 2 aliphatic rings. The first kappa shape index (κ1) is 30.0. The first-order valence-electron chi connectivity index (χ1n) is 13.7. The molecule has 0 radical (unpaired) electrons. The average molecular weight is 612 g/mol. The Morgan fingerprint density at radius 1 is 1.07 bits per heavy atom. The summed E-state index contributed by atoms with van der Waals surface area (Å²) < 4.78 is 15.4. The molecule has 2 heterocycles. The van der Waals surface area contributed by atoms with Crippen molar-refractivity contribution in [2.24, 2.45) is 5.41 Å². The molecule has 1 fully saturated rings. The third-order valence-corrected chi connectivity index (χ3v) is 8.42. The van der Waals surface area contributed by atoms with Crippen LogP contribution in [0.5, 0.6) is 0 Å². The van der Waals surface area contributed by atoms with Crippen LogP contribution in [0.2, 0.25) is 10.0 Å². The van der Waals surface area contributed by atoms with Crippen LogP contribution >= 0.6 is 23.2 Å². The van der Waals surface area contributed by atoms with Crippen LogP contribution < -0.4 is 16.0 Å². The molecule has 0 aromatic heterocycles. The second kappa shape index (κ2) is 11.0. The van der Waals surface area contributed by atoms with Crippen molar-refractivity contribution >= 4 is 52.3 Å². The number of benzene rings is 3. The topological polar surface area (TPSA) is 90.5 Å². The Bertz CT molecular complexity index is 1590. The fourth-order valence-electron chi connectivity index (χ4n) is 6.09. The molecule has 3 aromatic carbocycles. The van der Waals surface area contributed by atoms with Crippen LogP contribution in [-0.4, -0.2) is 48.8 Å². The van der Waals surface area contributed by atoms with Crippen molar-refractivity contribution in [1.29, 1.82) is 0 Å². The molecular weight excluding hydrogens is 578 g/mol. The molecule has 7 nitrogen and oxygen atoms in total. The number of hydrogen-bond acceptors (Lipinski definition) is 4. The second-order valence-corrected chi connectivity index (χ2v) is 13.3. The van der Waals surface area contributed by atoms with Crippen molar-refractivity contribution in [2.45, 2.75) is 51.1 Å². The van der Waals surface area contributed by atoms with Crippen LogP contribution in [0.25, 0.3) is 11.1 Å². The van der Waals surface area contributed by atoms with Gasteiger partial charge in [-0.25, -0.2) is 4.39 Å². The fourth-order valence-corrected chi connectivity index (χ4v) is 6.48. The molecule has 220 valence electrons. The zero-order chi connectivity index (χ0) is 30.6. The van der Waals surface area contributed by atoms with Crippen LogP contribution in [0.15, 0.2) is 54.6 Å². The average Bonchev–Trinajstić information content (AvgIpc) is 3.41. The summed E-state index contributed by atoms with van der Waals surface area (Å²) in [5.74, 6) is -1.34. The Hall–Kier alpha value is -3.46. The van der Waals surface area contributed by atoms with Gasteiger partial charge in [0.1, 0.15) is 5.82 Å². The lowest BCUT2D eigenvalue weighted by atomic mass is 9.68. The molecular formula is C32H33Cl2FN4O3. The third-order valence-electron chi connectivity index (χ3n) is 7.91. The first-order valence-corrected chi connectivity index (χ1v) is 14.5. The highest BCUT2D eigenvalue weighted by Gasteiger charge is 2.60. The molecule has 5 rings (SSSR count). The van der Waals surface area contributed by atoms with Gasteiger partial charge < -0.3 is 20.9 Å². The van der Waals surface area contributed by atoms with Gasteiger partial charge in [0.05, 0.1) is 16.5 Å². The van der Waals surface area contributed by atoms with Gasteiger partial charge in [-0.05, 0) is 66.3 Å². The Morgan fingerprint density at radius 3 is 2.40 bits per heavy atom. The van der Waals surface area contributed by atoms with Gasteiger partial charge in [0.15, 0.2) is 0 Å². The second-order valence-electron chi connectivity index (χ2n) is 12.4. The summed E-state index contributed by atoms with van der Waals surface area (Å²) in [5.41, 5.74) is 1.41. The van der Waals surface area contributed by atoms with Gasteiger partial charge in [-0.2, -0.15) is 0 Å². The maximum Gasteiger partial charge on any atom is 0.253 e. The number of hydrogen-bond donors (Lipinski definition) is 3. The molecule has 3 amide bonds. The molecule has 2 aliphatic heterocycles. The van der Waals surface area contributed by atoms with Crippen molar-refractivity contribution in [2.75, 3.05) is 24.7 Å². The van der Waals surface area contributed by atoms with Gasteiger partial charge in [0.25, 0.3) is 5.91 Å². The molecule has 1 spiro atoms. The highest BCUT2D eigenvalue weighted by Crippen LogP contribution is 2.54. The van der Waals surface area contributed by atoms with E-state index >= 15 is 4.39 Å².